The average Bonchev–Trinajstić information content (AvgIpc) is 2.12. The van der Waals surface area contributed by atoms with Crippen LogP contribution in [0.5, 0.6) is 0 Å². The van der Waals surface area contributed by atoms with Crippen molar-refractivity contribution in [2.75, 3.05) is 0 Å². The van der Waals surface area contributed by atoms with Crippen molar-refractivity contribution in [3.8, 4) is 0 Å². The average molecular weight is 491 g/mol. The molecule has 0 fully saturated rings. The van der Waals surface area contributed by atoms with Crippen molar-refractivity contribution in [1.29, 1.82) is 0 Å². The monoisotopic (exact) mass is 492 g/mol. The molecular weight excluding hydrogens is 486 g/mol. The molecular formula is C7H5B2I3. The van der Waals surface area contributed by atoms with Crippen LogP contribution >= 0.6 is 67.8 Å². The molecule has 0 radical (unpaired) electrons. The molecule has 0 aromatic carbocycles. The third-order valence-corrected chi connectivity index (χ3v) is 6.45. The SMILES string of the molecule is IC1=BBC=CC=CC(I)=C1I. The van der Waals surface area contributed by atoms with Crippen LogP contribution in [-0.4, -0.2) is 17.5 Å². The quantitative estimate of drug-likeness (QED) is 0.361. The minimum absolute atomic E-state index is 1.03. The van der Waals surface area contributed by atoms with Crippen LogP contribution in [0.15, 0.2) is 31.4 Å². The van der Waals surface area contributed by atoms with Gasteiger partial charge in [0.15, 0.2) is 0 Å². The van der Waals surface area contributed by atoms with Gasteiger partial charge in [0.25, 0.3) is 0 Å². The van der Waals surface area contributed by atoms with Gasteiger partial charge in [0, 0.05) is 0 Å². The van der Waals surface area contributed by atoms with E-state index in [9.17, 15) is 0 Å². The molecule has 1 rings (SSSR count). The van der Waals surface area contributed by atoms with Crippen LogP contribution in [-0.2, 0) is 0 Å². The molecule has 0 unspecified atom stereocenters. The molecule has 0 atom stereocenters. The van der Waals surface area contributed by atoms with Crippen LogP contribution < -0.4 is 0 Å². The second kappa shape index (κ2) is 6.00. The Labute approximate surface area is 115 Å². The first-order valence-corrected chi connectivity index (χ1v) is 6.70. The number of rotatable bonds is 0. The van der Waals surface area contributed by atoms with Crippen molar-refractivity contribution in [2.24, 2.45) is 0 Å². The van der Waals surface area contributed by atoms with Crippen LogP contribution in [0.4, 0.5) is 0 Å². The molecule has 0 bridgehead atoms. The van der Waals surface area contributed by atoms with Crippen molar-refractivity contribution >= 4 is 85.2 Å². The maximum atomic E-state index is 2.39. The zero-order valence-corrected chi connectivity index (χ0v) is 12.7. The van der Waals surface area contributed by atoms with Gasteiger partial charge in [-0.05, 0) is 0 Å². The van der Waals surface area contributed by atoms with E-state index in [0.29, 0.717) is 0 Å². The van der Waals surface area contributed by atoms with Crippen LogP contribution in [0.1, 0.15) is 0 Å². The Morgan fingerprint density at radius 2 is 1.92 bits per heavy atom. The molecule has 5 heteroatoms. The van der Waals surface area contributed by atoms with Crippen molar-refractivity contribution < 1.29 is 0 Å². The number of allylic oxidation sites excluding steroid dienone is 5. The second-order valence-electron chi connectivity index (χ2n) is 2.24. The molecule has 0 aliphatic carbocycles. The van der Waals surface area contributed by atoms with E-state index < -0.39 is 0 Å². The van der Waals surface area contributed by atoms with Crippen LogP contribution in [0.3, 0.4) is 0 Å². The van der Waals surface area contributed by atoms with Crippen molar-refractivity contribution in [1.82, 2.24) is 0 Å². The first-order chi connectivity index (χ1) is 5.72. The Bertz CT molecular complexity index is 289. The fourth-order valence-corrected chi connectivity index (χ4v) is 2.70. The molecule has 60 valence electrons. The summed E-state index contributed by atoms with van der Waals surface area (Å²) in [5.41, 5.74) is 0. The molecule has 1 aliphatic heterocycles. The summed E-state index contributed by atoms with van der Waals surface area (Å²) in [5, 5.41) is 0. The van der Waals surface area contributed by atoms with Gasteiger partial charge in [-0.1, -0.05) is 0 Å². The summed E-state index contributed by atoms with van der Waals surface area (Å²) < 4.78 is 3.99. The zero-order chi connectivity index (χ0) is 8.97. The Hall–Kier alpha value is 1.41. The van der Waals surface area contributed by atoms with Crippen LogP contribution in [0, 0.1) is 0 Å². The van der Waals surface area contributed by atoms with Crippen LogP contribution in [0.2, 0.25) is 0 Å². The molecule has 12 heavy (non-hydrogen) atoms. The van der Waals surface area contributed by atoms with Crippen molar-refractivity contribution in [3.05, 3.63) is 31.4 Å². The first-order valence-electron chi connectivity index (χ1n) is 3.46. The van der Waals surface area contributed by atoms with Gasteiger partial charge in [-0.25, -0.2) is 0 Å². The van der Waals surface area contributed by atoms with E-state index in [2.05, 4.69) is 98.8 Å². The first kappa shape index (κ1) is 11.5. The minimum atomic E-state index is 1.03. The molecule has 1 heterocycles. The summed E-state index contributed by atoms with van der Waals surface area (Å²) in [6.45, 7) is 2.24. The fraction of sp³-hybridized carbons (Fsp3) is 0. The van der Waals surface area contributed by atoms with E-state index in [4.69, 9.17) is 0 Å². The van der Waals surface area contributed by atoms with Gasteiger partial charge in [-0.3, -0.25) is 0 Å². The van der Waals surface area contributed by atoms with Crippen molar-refractivity contribution in [2.45, 2.75) is 0 Å². The number of hydrogen-bond acceptors (Lipinski definition) is 0. The molecule has 0 spiro atoms. The molecule has 0 aromatic heterocycles. The standard InChI is InChI=1S/C7H5B2I3/c10-5-3-1-2-4-8-9-7(12)6(5)11/h1-4,8H. The second-order valence-corrected chi connectivity index (χ2v) is 5.64. The number of halogens is 3. The zero-order valence-electron chi connectivity index (χ0n) is 6.23. The topological polar surface area (TPSA) is 0 Å². The molecule has 0 amide bonds. The van der Waals surface area contributed by atoms with Crippen molar-refractivity contribution in [3.63, 3.8) is 0 Å². The van der Waals surface area contributed by atoms with Gasteiger partial charge in [0.05, 0.1) is 0 Å². The van der Waals surface area contributed by atoms with E-state index in [0.717, 1.165) is 7.17 Å². The normalized spacial score (nSPS) is 17.1. The summed E-state index contributed by atoms with van der Waals surface area (Å²) in [7, 11) is 1.03. The Morgan fingerprint density at radius 3 is 2.67 bits per heavy atom. The summed E-state index contributed by atoms with van der Waals surface area (Å²) in [6.07, 6.45) is 6.31. The third-order valence-electron chi connectivity index (χ3n) is 1.34. The fourth-order valence-electron chi connectivity index (χ4n) is 0.746. The maximum absolute atomic E-state index is 2.39. The van der Waals surface area contributed by atoms with Gasteiger partial charge in [0.1, 0.15) is 0 Å². The Morgan fingerprint density at radius 1 is 1.17 bits per heavy atom. The Balaban J connectivity index is 3.04. The Kier molecular flexibility index (Phi) is 5.74. The summed E-state index contributed by atoms with van der Waals surface area (Å²) in [5.74, 6) is 2.16. The van der Waals surface area contributed by atoms with Crippen LogP contribution in [0.25, 0.3) is 0 Å². The predicted octanol–water partition coefficient (Wildman–Crippen LogP) is 2.77. The van der Waals surface area contributed by atoms with E-state index in [1.165, 1.54) is 10.6 Å². The van der Waals surface area contributed by atoms with Gasteiger partial charge >= 0.3 is 117 Å². The van der Waals surface area contributed by atoms with E-state index in [-0.39, 0.29) is 0 Å². The molecule has 0 saturated heterocycles. The van der Waals surface area contributed by atoms with Gasteiger partial charge in [0.2, 0.25) is 0 Å². The van der Waals surface area contributed by atoms with E-state index in [1.807, 2.05) is 0 Å². The van der Waals surface area contributed by atoms with Gasteiger partial charge in [-0.2, -0.15) is 0 Å². The van der Waals surface area contributed by atoms with Gasteiger partial charge < -0.3 is 0 Å². The molecule has 0 aromatic rings. The van der Waals surface area contributed by atoms with Gasteiger partial charge in [-0.15, -0.1) is 0 Å². The number of hydrogen-bond donors (Lipinski definition) is 0. The summed E-state index contributed by atoms with van der Waals surface area (Å²) in [6, 6.07) is 0. The predicted molar refractivity (Wildman–Crippen MR) is 85.3 cm³/mol. The molecule has 0 nitrogen and oxygen atoms in total. The summed E-state index contributed by atoms with van der Waals surface area (Å²) >= 11 is 7.13. The molecule has 1 aliphatic rings. The van der Waals surface area contributed by atoms with E-state index in [1.54, 1.807) is 0 Å². The molecule has 0 N–H and O–H groups in total. The summed E-state index contributed by atoms with van der Waals surface area (Å²) in [4.78, 5) is 0. The van der Waals surface area contributed by atoms with E-state index >= 15 is 0 Å². The third kappa shape index (κ3) is 3.65. The molecule has 0 saturated carbocycles.